The zero-order valence-corrected chi connectivity index (χ0v) is 18.9. The van der Waals surface area contributed by atoms with E-state index < -0.39 is 20.1 Å². The molecule has 0 aromatic heterocycles. The van der Waals surface area contributed by atoms with Crippen molar-refractivity contribution in [2.24, 2.45) is 0 Å². The Hall–Kier alpha value is -1.94. The molecule has 0 spiro atoms. The van der Waals surface area contributed by atoms with Crippen molar-refractivity contribution in [3.05, 3.63) is 54.1 Å². The monoisotopic (exact) mass is 465 g/mol. The molecule has 2 aromatic rings. The van der Waals surface area contributed by atoms with Crippen molar-refractivity contribution < 1.29 is 25.8 Å². The van der Waals surface area contributed by atoms with Crippen LogP contribution >= 0.6 is 0 Å². The average molecular weight is 466 g/mol. The molecule has 0 N–H and O–H groups in total. The van der Waals surface area contributed by atoms with Crippen molar-refractivity contribution >= 4 is 20.1 Å². The standard InChI is InChI=1S/C22H27NO6S2/c24-30(25,23-14-16-28-17-15-23)21-10-12-22(13-11-21)31(26,27)29-20-8-6-19(7-9-20)18-4-2-1-3-5-18/h6-13,18H,1-5,14-17H2. The van der Waals surface area contributed by atoms with E-state index in [0.29, 0.717) is 19.1 Å². The van der Waals surface area contributed by atoms with Crippen LogP contribution < -0.4 is 4.18 Å². The number of nitrogens with zero attached hydrogens (tertiary/aromatic N) is 1. The molecule has 168 valence electrons. The van der Waals surface area contributed by atoms with Crippen LogP contribution in [0, 0.1) is 0 Å². The molecule has 0 amide bonds. The number of sulfonamides is 1. The number of hydrogen-bond acceptors (Lipinski definition) is 6. The van der Waals surface area contributed by atoms with Crippen molar-refractivity contribution in [2.45, 2.75) is 47.8 Å². The van der Waals surface area contributed by atoms with Gasteiger partial charge in [0.15, 0.2) is 0 Å². The Labute approximate surface area is 184 Å². The third-order valence-electron chi connectivity index (χ3n) is 5.88. The highest BCUT2D eigenvalue weighted by Gasteiger charge is 2.27. The van der Waals surface area contributed by atoms with Crippen molar-refractivity contribution in [1.82, 2.24) is 4.31 Å². The van der Waals surface area contributed by atoms with Gasteiger partial charge in [0.25, 0.3) is 0 Å². The minimum Gasteiger partial charge on any atom is -0.379 e. The van der Waals surface area contributed by atoms with E-state index in [1.165, 1.54) is 53.4 Å². The summed E-state index contributed by atoms with van der Waals surface area (Å²) in [6.07, 6.45) is 6.07. The number of rotatable bonds is 6. The first-order valence-electron chi connectivity index (χ1n) is 10.6. The van der Waals surface area contributed by atoms with Crippen molar-refractivity contribution in [1.29, 1.82) is 0 Å². The van der Waals surface area contributed by atoms with E-state index in [-0.39, 0.29) is 28.6 Å². The van der Waals surface area contributed by atoms with Crippen LogP contribution in [0.4, 0.5) is 0 Å². The summed E-state index contributed by atoms with van der Waals surface area (Å²) in [7, 11) is -7.75. The maximum absolute atomic E-state index is 12.7. The third kappa shape index (κ3) is 5.11. The first-order valence-corrected chi connectivity index (χ1v) is 13.4. The predicted molar refractivity (Wildman–Crippen MR) is 116 cm³/mol. The van der Waals surface area contributed by atoms with Gasteiger partial charge in [-0.15, -0.1) is 0 Å². The average Bonchev–Trinajstić information content (AvgIpc) is 2.80. The van der Waals surface area contributed by atoms with Crippen molar-refractivity contribution in [3.63, 3.8) is 0 Å². The topological polar surface area (TPSA) is 90.0 Å². The van der Waals surface area contributed by atoms with E-state index in [1.54, 1.807) is 12.1 Å². The highest BCUT2D eigenvalue weighted by Crippen LogP contribution is 2.33. The van der Waals surface area contributed by atoms with Gasteiger partial charge in [0, 0.05) is 13.1 Å². The largest absolute Gasteiger partial charge is 0.379 e. The normalized spacial score (nSPS) is 19.2. The summed E-state index contributed by atoms with van der Waals surface area (Å²) in [5.41, 5.74) is 1.21. The lowest BCUT2D eigenvalue weighted by atomic mass is 9.84. The van der Waals surface area contributed by atoms with Gasteiger partial charge >= 0.3 is 10.1 Å². The first kappa shape index (κ1) is 22.3. The second kappa shape index (κ2) is 9.28. The molecule has 1 saturated heterocycles. The quantitative estimate of drug-likeness (QED) is 0.607. The van der Waals surface area contributed by atoms with Gasteiger partial charge in [0.05, 0.1) is 18.1 Å². The van der Waals surface area contributed by atoms with Crippen LogP contribution in [0.5, 0.6) is 5.75 Å². The molecular weight excluding hydrogens is 438 g/mol. The van der Waals surface area contributed by atoms with E-state index in [1.807, 2.05) is 12.1 Å². The Morgan fingerprint density at radius 3 is 1.97 bits per heavy atom. The molecule has 31 heavy (non-hydrogen) atoms. The summed E-state index contributed by atoms with van der Waals surface area (Å²) in [4.78, 5) is -0.0463. The fourth-order valence-corrected chi connectivity index (χ4v) is 6.46. The predicted octanol–water partition coefficient (Wildman–Crippen LogP) is 3.52. The van der Waals surface area contributed by atoms with Crippen molar-refractivity contribution in [3.8, 4) is 5.75 Å². The molecule has 4 rings (SSSR count). The van der Waals surface area contributed by atoms with Crippen LogP contribution in [0.15, 0.2) is 58.3 Å². The lowest BCUT2D eigenvalue weighted by Gasteiger charge is -2.26. The zero-order chi connectivity index (χ0) is 21.9. The maximum Gasteiger partial charge on any atom is 0.339 e. The maximum atomic E-state index is 12.7. The Balaban J connectivity index is 1.46. The number of morpholine rings is 1. The first-order chi connectivity index (χ1) is 14.9. The molecule has 2 aromatic carbocycles. The molecule has 1 aliphatic carbocycles. The van der Waals surface area contributed by atoms with Gasteiger partial charge in [-0.05, 0) is 60.7 Å². The van der Waals surface area contributed by atoms with Gasteiger partial charge in [-0.1, -0.05) is 31.4 Å². The summed E-state index contributed by atoms with van der Waals surface area (Å²) in [5.74, 6) is 0.768. The highest BCUT2D eigenvalue weighted by atomic mass is 32.2. The molecule has 9 heteroatoms. The van der Waals surface area contributed by atoms with Crippen LogP contribution in [0.1, 0.15) is 43.6 Å². The fraction of sp³-hybridized carbons (Fsp3) is 0.455. The van der Waals surface area contributed by atoms with Crippen LogP contribution in [0.3, 0.4) is 0 Å². The Morgan fingerprint density at radius 2 is 1.35 bits per heavy atom. The van der Waals surface area contributed by atoms with Crippen LogP contribution in [-0.4, -0.2) is 47.4 Å². The van der Waals surface area contributed by atoms with Crippen molar-refractivity contribution in [2.75, 3.05) is 26.3 Å². The Bertz CT molecular complexity index is 1080. The molecule has 0 atom stereocenters. The van der Waals surface area contributed by atoms with Gasteiger partial charge in [-0.3, -0.25) is 0 Å². The number of benzene rings is 2. The van der Waals surface area contributed by atoms with E-state index in [9.17, 15) is 16.8 Å². The van der Waals surface area contributed by atoms with Gasteiger partial charge in [-0.2, -0.15) is 12.7 Å². The fourth-order valence-electron chi connectivity index (χ4n) is 4.12. The van der Waals surface area contributed by atoms with Gasteiger partial charge in [-0.25, -0.2) is 8.42 Å². The van der Waals surface area contributed by atoms with Gasteiger partial charge in [0.2, 0.25) is 10.0 Å². The van der Waals surface area contributed by atoms with E-state index in [0.717, 1.165) is 12.8 Å². The smallest absolute Gasteiger partial charge is 0.339 e. The van der Waals surface area contributed by atoms with Gasteiger partial charge in [0.1, 0.15) is 10.6 Å². The minimum absolute atomic E-state index is 0.0465. The van der Waals surface area contributed by atoms with E-state index >= 15 is 0 Å². The third-order valence-corrected chi connectivity index (χ3v) is 9.06. The lowest BCUT2D eigenvalue weighted by Crippen LogP contribution is -2.40. The SMILES string of the molecule is O=S(=O)(Oc1ccc(C2CCCCC2)cc1)c1ccc(S(=O)(=O)N2CCOCC2)cc1. The Kier molecular flexibility index (Phi) is 6.66. The molecule has 1 saturated carbocycles. The molecule has 1 heterocycles. The molecule has 7 nitrogen and oxygen atoms in total. The lowest BCUT2D eigenvalue weighted by molar-refractivity contribution is 0.0730. The molecule has 1 aliphatic heterocycles. The number of ether oxygens (including phenoxy) is 1. The summed E-state index contributed by atoms with van der Waals surface area (Å²) < 4.78 is 62.5. The molecular formula is C22H27NO6S2. The zero-order valence-electron chi connectivity index (χ0n) is 17.3. The summed E-state index contributed by atoms with van der Waals surface area (Å²) in [6, 6.07) is 12.3. The van der Waals surface area contributed by atoms with E-state index in [4.69, 9.17) is 8.92 Å². The van der Waals surface area contributed by atoms with Crippen LogP contribution in [0.25, 0.3) is 0 Å². The second-order valence-electron chi connectivity index (χ2n) is 7.93. The second-order valence-corrected chi connectivity index (χ2v) is 11.4. The molecule has 0 bridgehead atoms. The van der Waals surface area contributed by atoms with Crippen LogP contribution in [-0.2, 0) is 24.9 Å². The summed E-state index contributed by atoms with van der Waals surface area (Å²) in [5, 5.41) is 0. The highest BCUT2D eigenvalue weighted by molar-refractivity contribution is 7.89. The molecule has 0 radical (unpaired) electrons. The summed E-state index contributed by atoms with van der Waals surface area (Å²) >= 11 is 0. The Morgan fingerprint density at radius 1 is 0.774 bits per heavy atom. The number of hydrogen-bond donors (Lipinski definition) is 0. The van der Waals surface area contributed by atoms with E-state index in [2.05, 4.69) is 0 Å². The molecule has 0 unspecified atom stereocenters. The summed E-state index contributed by atoms with van der Waals surface area (Å²) in [6.45, 7) is 1.25. The molecule has 2 fully saturated rings. The van der Waals surface area contributed by atoms with Crippen LogP contribution in [0.2, 0.25) is 0 Å². The van der Waals surface area contributed by atoms with Gasteiger partial charge < -0.3 is 8.92 Å². The minimum atomic E-state index is -4.07. The molecule has 2 aliphatic rings.